The van der Waals surface area contributed by atoms with Gasteiger partial charge in [-0.2, -0.15) is 0 Å². The van der Waals surface area contributed by atoms with E-state index in [1.54, 1.807) is 6.92 Å². The van der Waals surface area contributed by atoms with Gasteiger partial charge in [-0.15, -0.1) is 0 Å². The maximum absolute atomic E-state index is 11.1. The molecule has 1 saturated heterocycles. The van der Waals surface area contributed by atoms with Gasteiger partial charge in [-0.1, -0.05) is 19.8 Å². The Labute approximate surface area is 90.8 Å². The van der Waals surface area contributed by atoms with Gasteiger partial charge >= 0.3 is 5.97 Å². The fourth-order valence-corrected chi connectivity index (χ4v) is 3.13. The maximum atomic E-state index is 11.1. The Balaban J connectivity index is 2.10. The van der Waals surface area contributed by atoms with Crippen LogP contribution in [-0.2, 0) is 9.53 Å². The molecule has 1 aliphatic carbocycles. The molecule has 0 aromatic rings. The third kappa shape index (κ3) is 1.89. The Hall–Kier alpha value is -0.570. The van der Waals surface area contributed by atoms with Crippen molar-refractivity contribution in [2.45, 2.75) is 63.6 Å². The van der Waals surface area contributed by atoms with E-state index in [2.05, 4.69) is 6.92 Å². The van der Waals surface area contributed by atoms with Crippen molar-refractivity contribution in [2.75, 3.05) is 0 Å². The molecule has 2 fully saturated rings. The van der Waals surface area contributed by atoms with Crippen molar-refractivity contribution in [2.24, 2.45) is 5.92 Å². The van der Waals surface area contributed by atoms with Gasteiger partial charge in [0.25, 0.3) is 0 Å². The minimum Gasteiger partial charge on any atom is -0.479 e. The molecular weight excluding hydrogens is 192 g/mol. The second kappa shape index (κ2) is 3.48. The Morgan fingerprint density at radius 3 is 2.67 bits per heavy atom. The summed E-state index contributed by atoms with van der Waals surface area (Å²) in [5.41, 5.74) is -1.05. The van der Waals surface area contributed by atoms with Crippen molar-refractivity contribution in [1.82, 2.24) is 0 Å². The standard InChI is InChI=1S/C12H20O3/c1-9-4-3-5-12(8-9)7-6-11(2,15-12)10(13)14/h9H,3-8H2,1-2H3,(H,13,14). The molecule has 2 rings (SSSR count). The van der Waals surface area contributed by atoms with Crippen molar-refractivity contribution in [3.05, 3.63) is 0 Å². The Morgan fingerprint density at radius 2 is 2.13 bits per heavy atom. The van der Waals surface area contributed by atoms with Crippen LogP contribution >= 0.6 is 0 Å². The molecule has 0 aromatic carbocycles. The number of rotatable bonds is 1. The minimum atomic E-state index is -0.933. The van der Waals surface area contributed by atoms with E-state index in [0.717, 1.165) is 19.3 Å². The van der Waals surface area contributed by atoms with Crippen LogP contribution in [0.15, 0.2) is 0 Å². The molecule has 3 unspecified atom stereocenters. The number of hydrogen-bond donors (Lipinski definition) is 1. The van der Waals surface area contributed by atoms with Gasteiger partial charge < -0.3 is 9.84 Å². The summed E-state index contributed by atoms with van der Waals surface area (Å²) in [7, 11) is 0. The zero-order valence-electron chi connectivity index (χ0n) is 9.58. The van der Waals surface area contributed by atoms with Gasteiger partial charge in [0.05, 0.1) is 5.60 Å². The molecule has 0 amide bonds. The van der Waals surface area contributed by atoms with E-state index in [0.29, 0.717) is 12.3 Å². The van der Waals surface area contributed by atoms with Crippen LogP contribution in [0.4, 0.5) is 0 Å². The average Bonchev–Trinajstić information content (AvgIpc) is 2.45. The number of carboxylic acids is 1. The summed E-state index contributed by atoms with van der Waals surface area (Å²) in [6.45, 7) is 3.95. The normalized spacial score (nSPS) is 45.9. The molecule has 1 N–H and O–H groups in total. The molecule has 86 valence electrons. The minimum absolute atomic E-state index is 0.120. The average molecular weight is 212 g/mol. The van der Waals surface area contributed by atoms with Crippen molar-refractivity contribution >= 4 is 5.97 Å². The predicted molar refractivity (Wildman–Crippen MR) is 56.7 cm³/mol. The van der Waals surface area contributed by atoms with Crippen LogP contribution < -0.4 is 0 Å². The molecule has 0 radical (unpaired) electrons. The third-order valence-electron chi connectivity index (χ3n) is 4.00. The predicted octanol–water partition coefficient (Wildman–Crippen LogP) is 2.59. The first-order chi connectivity index (χ1) is 6.96. The fourth-order valence-electron chi connectivity index (χ4n) is 3.13. The largest absolute Gasteiger partial charge is 0.479 e. The van der Waals surface area contributed by atoms with Crippen LogP contribution in [-0.4, -0.2) is 22.3 Å². The van der Waals surface area contributed by atoms with Gasteiger partial charge in [-0.05, 0) is 38.5 Å². The first-order valence-electron chi connectivity index (χ1n) is 5.89. The maximum Gasteiger partial charge on any atom is 0.335 e. The molecule has 1 saturated carbocycles. The number of hydrogen-bond acceptors (Lipinski definition) is 2. The zero-order valence-corrected chi connectivity index (χ0v) is 9.58. The molecule has 3 atom stereocenters. The summed E-state index contributed by atoms with van der Waals surface area (Å²) in [4.78, 5) is 11.1. The van der Waals surface area contributed by atoms with Gasteiger partial charge in [-0.25, -0.2) is 4.79 Å². The lowest BCUT2D eigenvalue weighted by atomic mass is 9.77. The van der Waals surface area contributed by atoms with Crippen LogP contribution in [0.25, 0.3) is 0 Å². The molecule has 3 heteroatoms. The SMILES string of the molecule is CC1CCCC2(CCC(C)(C(=O)O)O2)C1. The Kier molecular flexibility index (Phi) is 2.53. The fraction of sp³-hybridized carbons (Fsp3) is 0.917. The van der Waals surface area contributed by atoms with Crippen molar-refractivity contribution in [3.63, 3.8) is 0 Å². The number of carbonyl (C=O) groups is 1. The first-order valence-corrected chi connectivity index (χ1v) is 5.89. The summed E-state index contributed by atoms with van der Waals surface area (Å²) in [5.74, 6) is -0.132. The third-order valence-corrected chi connectivity index (χ3v) is 4.00. The highest BCUT2D eigenvalue weighted by molar-refractivity contribution is 5.77. The quantitative estimate of drug-likeness (QED) is 0.726. The Morgan fingerprint density at radius 1 is 1.40 bits per heavy atom. The van der Waals surface area contributed by atoms with Gasteiger partial charge in [0.1, 0.15) is 0 Å². The molecule has 0 bridgehead atoms. The first kappa shape index (κ1) is 10.9. The molecule has 2 aliphatic rings. The molecule has 3 nitrogen and oxygen atoms in total. The number of ether oxygens (including phenoxy) is 1. The summed E-state index contributed by atoms with van der Waals surface area (Å²) in [6.07, 6.45) is 6.09. The van der Waals surface area contributed by atoms with Gasteiger partial charge in [0.15, 0.2) is 5.60 Å². The second-order valence-electron chi connectivity index (χ2n) is 5.52. The van der Waals surface area contributed by atoms with E-state index in [9.17, 15) is 4.79 Å². The second-order valence-corrected chi connectivity index (χ2v) is 5.52. The highest BCUT2D eigenvalue weighted by Crippen LogP contribution is 2.47. The van der Waals surface area contributed by atoms with E-state index >= 15 is 0 Å². The molecule has 1 aliphatic heterocycles. The van der Waals surface area contributed by atoms with E-state index in [4.69, 9.17) is 9.84 Å². The highest BCUT2D eigenvalue weighted by Gasteiger charge is 2.51. The lowest BCUT2D eigenvalue weighted by Crippen LogP contribution is -2.41. The highest BCUT2D eigenvalue weighted by atomic mass is 16.6. The van der Waals surface area contributed by atoms with Crippen molar-refractivity contribution in [3.8, 4) is 0 Å². The summed E-state index contributed by atoms with van der Waals surface area (Å²) in [6, 6.07) is 0. The lowest BCUT2D eigenvalue weighted by molar-refractivity contribution is -0.175. The van der Waals surface area contributed by atoms with Gasteiger partial charge in [0, 0.05) is 0 Å². The van der Waals surface area contributed by atoms with Crippen molar-refractivity contribution in [1.29, 1.82) is 0 Å². The molecular formula is C12H20O3. The van der Waals surface area contributed by atoms with Crippen LogP contribution in [0.2, 0.25) is 0 Å². The summed E-state index contributed by atoms with van der Waals surface area (Å²) in [5, 5.41) is 9.13. The van der Waals surface area contributed by atoms with E-state index in [1.165, 1.54) is 12.8 Å². The van der Waals surface area contributed by atoms with E-state index < -0.39 is 11.6 Å². The number of aliphatic carboxylic acids is 1. The number of carboxylic acid groups (broad SMARTS) is 1. The van der Waals surface area contributed by atoms with Crippen molar-refractivity contribution < 1.29 is 14.6 Å². The topological polar surface area (TPSA) is 46.5 Å². The lowest BCUT2D eigenvalue weighted by Gasteiger charge is -2.37. The summed E-state index contributed by atoms with van der Waals surface area (Å²) >= 11 is 0. The molecule has 15 heavy (non-hydrogen) atoms. The van der Waals surface area contributed by atoms with Gasteiger partial charge in [0.2, 0.25) is 0 Å². The summed E-state index contributed by atoms with van der Waals surface area (Å²) < 4.78 is 5.91. The monoisotopic (exact) mass is 212 g/mol. The van der Waals surface area contributed by atoms with Crippen LogP contribution in [0.3, 0.4) is 0 Å². The zero-order chi connectivity index (χ0) is 11.1. The van der Waals surface area contributed by atoms with Crippen LogP contribution in [0.1, 0.15) is 52.4 Å². The van der Waals surface area contributed by atoms with Crippen LogP contribution in [0, 0.1) is 5.92 Å². The smallest absolute Gasteiger partial charge is 0.335 e. The van der Waals surface area contributed by atoms with E-state index in [-0.39, 0.29) is 5.60 Å². The molecule has 0 aromatic heterocycles. The molecule has 1 spiro atoms. The molecule has 1 heterocycles. The van der Waals surface area contributed by atoms with Crippen LogP contribution in [0.5, 0.6) is 0 Å². The van der Waals surface area contributed by atoms with E-state index in [1.807, 2.05) is 0 Å². The Bertz CT molecular complexity index is 276. The van der Waals surface area contributed by atoms with Gasteiger partial charge in [-0.3, -0.25) is 0 Å².